The minimum atomic E-state index is -0.731. The van der Waals surface area contributed by atoms with E-state index in [1.807, 2.05) is 6.07 Å². The van der Waals surface area contributed by atoms with Gasteiger partial charge < -0.3 is 10.4 Å². The first-order chi connectivity index (χ1) is 8.79. The molecule has 0 spiro atoms. The van der Waals surface area contributed by atoms with Crippen LogP contribution in [0.15, 0.2) is 30.3 Å². The van der Waals surface area contributed by atoms with Gasteiger partial charge in [-0.15, -0.1) is 0 Å². The quantitative estimate of drug-likeness (QED) is 0.627. The van der Waals surface area contributed by atoms with Crippen LogP contribution in [-0.2, 0) is 11.2 Å². The summed E-state index contributed by atoms with van der Waals surface area (Å²) in [5, 5.41) is 11.6. The van der Waals surface area contributed by atoms with Crippen molar-refractivity contribution in [2.45, 2.75) is 38.5 Å². The van der Waals surface area contributed by atoms with Gasteiger partial charge in [-0.3, -0.25) is 4.79 Å². The van der Waals surface area contributed by atoms with Crippen LogP contribution < -0.4 is 5.32 Å². The Bertz CT molecular complexity index is 325. The monoisotopic (exact) mass is 249 g/mol. The molecule has 1 aromatic rings. The molecular weight excluding hydrogens is 226 g/mol. The molecule has 2 N–H and O–H groups in total. The lowest BCUT2D eigenvalue weighted by molar-refractivity contribution is -0.136. The summed E-state index contributed by atoms with van der Waals surface area (Å²) < 4.78 is 0. The van der Waals surface area contributed by atoms with Gasteiger partial charge in [0.05, 0.1) is 6.42 Å². The number of hydrogen-bond acceptors (Lipinski definition) is 2. The van der Waals surface area contributed by atoms with Crippen molar-refractivity contribution in [2.75, 3.05) is 13.1 Å². The predicted molar refractivity (Wildman–Crippen MR) is 73.7 cm³/mol. The van der Waals surface area contributed by atoms with Crippen molar-refractivity contribution >= 4 is 5.97 Å². The lowest BCUT2D eigenvalue weighted by atomic mass is 10.1. The van der Waals surface area contributed by atoms with Gasteiger partial charge in [0.15, 0.2) is 0 Å². The van der Waals surface area contributed by atoms with Crippen molar-refractivity contribution in [1.82, 2.24) is 5.32 Å². The highest BCUT2D eigenvalue weighted by Gasteiger charge is 1.96. The van der Waals surface area contributed by atoms with Gasteiger partial charge in [-0.1, -0.05) is 43.2 Å². The zero-order chi connectivity index (χ0) is 13.1. The van der Waals surface area contributed by atoms with Crippen LogP contribution in [0.1, 0.15) is 37.7 Å². The van der Waals surface area contributed by atoms with Crippen LogP contribution in [0.5, 0.6) is 0 Å². The third-order valence-corrected chi connectivity index (χ3v) is 2.93. The Hall–Kier alpha value is -1.35. The number of aliphatic carboxylic acids is 1. The summed E-state index contributed by atoms with van der Waals surface area (Å²) in [7, 11) is 0. The van der Waals surface area contributed by atoms with E-state index < -0.39 is 5.97 Å². The van der Waals surface area contributed by atoms with Crippen molar-refractivity contribution in [3.63, 3.8) is 0 Å². The minimum absolute atomic E-state index is 0.216. The average molecular weight is 249 g/mol. The number of carboxylic acids is 1. The second-order valence-electron chi connectivity index (χ2n) is 4.54. The molecule has 3 nitrogen and oxygen atoms in total. The maximum absolute atomic E-state index is 10.3. The molecule has 3 heteroatoms. The van der Waals surface area contributed by atoms with Crippen molar-refractivity contribution in [2.24, 2.45) is 0 Å². The van der Waals surface area contributed by atoms with Crippen molar-refractivity contribution in [3.8, 4) is 0 Å². The SMILES string of the molecule is O=C(O)CCNCCCCCCc1ccccc1. The molecule has 0 aliphatic rings. The van der Waals surface area contributed by atoms with Gasteiger partial charge >= 0.3 is 5.97 Å². The summed E-state index contributed by atoms with van der Waals surface area (Å²) >= 11 is 0. The van der Waals surface area contributed by atoms with Crippen LogP contribution in [0.4, 0.5) is 0 Å². The van der Waals surface area contributed by atoms with Gasteiger partial charge in [0, 0.05) is 6.54 Å². The third-order valence-electron chi connectivity index (χ3n) is 2.93. The second-order valence-corrected chi connectivity index (χ2v) is 4.54. The molecule has 0 heterocycles. The largest absolute Gasteiger partial charge is 0.481 e. The van der Waals surface area contributed by atoms with Crippen LogP contribution in [-0.4, -0.2) is 24.2 Å². The first-order valence-corrected chi connectivity index (χ1v) is 6.75. The van der Waals surface area contributed by atoms with E-state index in [1.54, 1.807) is 0 Å². The Morgan fingerprint density at radius 3 is 2.44 bits per heavy atom. The molecule has 0 unspecified atom stereocenters. The van der Waals surface area contributed by atoms with Crippen LogP contribution in [0.25, 0.3) is 0 Å². The van der Waals surface area contributed by atoms with Gasteiger partial charge in [0.2, 0.25) is 0 Å². The van der Waals surface area contributed by atoms with Gasteiger partial charge in [0.1, 0.15) is 0 Å². The van der Waals surface area contributed by atoms with Gasteiger partial charge in [-0.25, -0.2) is 0 Å². The first kappa shape index (κ1) is 14.7. The summed E-state index contributed by atoms with van der Waals surface area (Å²) in [6, 6.07) is 10.6. The molecule has 100 valence electrons. The summed E-state index contributed by atoms with van der Waals surface area (Å²) in [5.41, 5.74) is 1.41. The topological polar surface area (TPSA) is 49.3 Å². The maximum Gasteiger partial charge on any atom is 0.304 e. The summed E-state index contributed by atoms with van der Waals surface area (Å²) in [5.74, 6) is -0.731. The predicted octanol–water partition coefficient (Wildman–Crippen LogP) is 2.85. The Balaban J connectivity index is 1.86. The van der Waals surface area contributed by atoms with Crippen LogP contribution in [0, 0.1) is 0 Å². The number of hydrogen-bond donors (Lipinski definition) is 2. The van der Waals surface area contributed by atoms with Crippen LogP contribution in [0.3, 0.4) is 0 Å². The van der Waals surface area contributed by atoms with Gasteiger partial charge in [-0.05, 0) is 31.4 Å². The molecule has 0 fully saturated rings. The van der Waals surface area contributed by atoms with E-state index >= 15 is 0 Å². The van der Waals surface area contributed by atoms with E-state index in [1.165, 1.54) is 24.8 Å². The number of nitrogens with one attached hydrogen (secondary N) is 1. The van der Waals surface area contributed by atoms with E-state index in [0.717, 1.165) is 19.4 Å². The molecule has 0 bridgehead atoms. The van der Waals surface area contributed by atoms with E-state index in [-0.39, 0.29) is 6.42 Å². The molecule has 0 aliphatic carbocycles. The Labute approximate surface area is 109 Å². The number of carbonyl (C=O) groups is 1. The first-order valence-electron chi connectivity index (χ1n) is 6.75. The number of unbranched alkanes of at least 4 members (excludes halogenated alkanes) is 3. The average Bonchev–Trinajstić information content (AvgIpc) is 2.37. The lowest BCUT2D eigenvalue weighted by Crippen LogP contribution is -2.19. The Kier molecular flexibility index (Phi) is 7.89. The molecular formula is C15H23NO2. The molecule has 0 aliphatic heterocycles. The smallest absolute Gasteiger partial charge is 0.304 e. The number of rotatable bonds is 10. The molecule has 0 saturated carbocycles. The van der Waals surface area contributed by atoms with E-state index in [4.69, 9.17) is 5.11 Å². The fraction of sp³-hybridized carbons (Fsp3) is 0.533. The standard InChI is InChI=1S/C15H23NO2/c17-15(18)11-13-16-12-7-2-1-4-8-14-9-5-3-6-10-14/h3,5-6,9-10,16H,1-2,4,7-8,11-13H2,(H,17,18). The highest BCUT2D eigenvalue weighted by Crippen LogP contribution is 2.07. The van der Waals surface area contributed by atoms with Gasteiger partial charge in [-0.2, -0.15) is 0 Å². The van der Waals surface area contributed by atoms with E-state index in [2.05, 4.69) is 29.6 Å². The molecule has 0 amide bonds. The lowest BCUT2D eigenvalue weighted by Gasteiger charge is -2.03. The Morgan fingerprint density at radius 1 is 1.00 bits per heavy atom. The van der Waals surface area contributed by atoms with Gasteiger partial charge in [0.25, 0.3) is 0 Å². The molecule has 0 saturated heterocycles. The summed E-state index contributed by atoms with van der Waals surface area (Å²) in [4.78, 5) is 10.3. The third kappa shape index (κ3) is 7.85. The molecule has 1 rings (SSSR count). The van der Waals surface area contributed by atoms with Crippen molar-refractivity contribution in [3.05, 3.63) is 35.9 Å². The minimum Gasteiger partial charge on any atom is -0.481 e. The number of benzene rings is 1. The van der Waals surface area contributed by atoms with Crippen LogP contribution >= 0.6 is 0 Å². The molecule has 1 aromatic carbocycles. The van der Waals surface area contributed by atoms with E-state index in [9.17, 15) is 4.79 Å². The fourth-order valence-electron chi connectivity index (χ4n) is 1.90. The fourth-order valence-corrected chi connectivity index (χ4v) is 1.90. The Morgan fingerprint density at radius 2 is 1.72 bits per heavy atom. The zero-order valence-electron chi connectivity index (χ0n) is 10.9. The highest BCUT2D eigenvalue weighted by atomic mass is 16.4. The number of carboxylic acid groups (broad SMARTS) is 1. The zero-order valence-corrected chi connectivity index (χ0v) is 10.9. The summed E-state index contributed by atoms with van der Waals surface area (Å²) in [6.07, 6.45) is 6.21. The molecule has 0 radical (unpaired) electrons. The normalized spacial score (nSPS) is 10.4. The molecule has 0 aromatic heterocycles. The highest BCUT2D eigenvalue weighted by molar-refractivity contribution is 5.66. The maximum atomic E-state index is 10.3. The second kappa shape index (κ2) is 9.66. The van der Waals surface area contributed by atoms with Crippen molar-refractivity contribution in [1.29, 1.82) is 0 Å². The molecule has 0 atom stereocenters. The van der Waals surface area contributed by atoms with E-state index in [0.29, 0.717) is 6.54 Å². The van der Waals surface area contributed by atoms with Crippen molar-refractivity contribution < 1.29 is 9.90 Å². The number of aryl methyl sites for hydroxylation is 1. The summed E-state index contributed by atoms with van der Waals surface area (Å²) in [6.45, 7) is 1.51. The molecule has 18 heavy (non-hydrogen) atoms. The van der Waals surface area contributed by atoms with Crippen LogP contribution in [0.2, 0.25) is 0 Å².